The number of nitro groups is 2. The zero-order valence-corrected chi connectivity index (χ0v) is 16.3. The van der Waals surface area contributed by atoms with Crippen molar-refractivity contribution in [3.05, 3.63) is 104 Å². The largest absolute Gasteiger partial charge is 0.285 e. The predicted molar refractivity (Wildman–Crippen MR) is 108 cm³/mol. The van der Waals surface area contributed by atoms with Crippen molar-refractivity contribution in [3.8, 4) is 0 Å². The van der Waals surface area contributed by atoms with Gasteiger partial charge in [0.05, 0.1) is 35.3 Å². The van der Waals surface area contributed by atoms with Gasteiger partial charge in [0.1, 0.15) is 0 Å². The second-order valence-electron chi connectivity index (χ2n) is 6.78. The summed E-state index contributed by atoms with van der Waals surface area (Å²) >= 11 is 0. The Labute approximate surface area is 179 Å². The molecule has 13 heteroatoms. The first-order valence-electron chi connectivity index (χ1n) is 9.20. The van der Waals surface area contributed by atoms with E-state index in [9.17, 15) is 25.0 Å². The lowest BCUT2D eigenvalue weighted by atomic mass is 10.2. The van der Waals surface area contributed by atoms with Crippen LogP contribution in [0.1, 0.15) is 27.3 Å². The summed E-state index contributed by atoms with van der Waals surface area (Å²) in [4.78, 5) is 33.1. The molecule has 0 saturated heterocycles. The fourth-order valence-corrected chi connectivity index (χ4v) is 2.91. The molecule has 0 N–H and O–H groups in total. The molecule has 0 saturated carbocycles. The minimum absolute atomic E-state index is 0.0139. The van der Waals surface area contributed by atoms with Crippen LogP contribution in [0.3, 0.4) is 0 Å². The van der Waals surface area contributed by atoms with E-state index in [0.717, 1.165) is 11.1 Å². The molecule has 0 aliphatic rings. The van der Waals surface area contributed by atoms with E-state index in [1.54, 1.807) is 24.3 Å². The van der Waals surface area contributed by atoms with Gasteiger partial charge in [-0.15, -0.1) is 10.2 Å². The summed E-state index contributed by atoms with van der Waals surface area (Å²) in [7, 11) is 0. The van der Waals surface area contributed by atoms with Crippen molar-refractivity contribution in [2.75, 3.05) is 0 Å². The van der Waals surface area contributed by atoms with Gasteiger partial charge in [-0.2, -0.15) is 0 Å². The summed E-state index contributed by atoms with van der Waals surface area (Å²) in [6, 6.07) is 12.0. The van der Waals surface area contributed by atoms with Crippen molar-refractivity contribution in [2.24, 2.45) is 0 Å². The van der Waals surface area contributed by atoms with Gasteiger partial charge in [0.15, 0.2) is 11.4 Å². The van der Waals surface area contributed by atoms with Crippen LogP contribution < -0.4 is 0 Å². The lowest BCUT2D eigenvalue weighted by Gasteiger charge is -2.00. The first-order valence-corrected chi connectivity index (χ1v) is 9.20. The number of rotatable bonds is 8. The van der Waals surface area contributed by atoms with Crippen LogP contribution in [-0.2, 0) is 13.1 Å². The van der Waals surface area contributed by atoms with Gasteiger partial charge in [-0.1, -0.05) is 34.7 Å². The maximum atomic E-state index is 12.6. The number of hydrogen-bond acceptors (Lipinski definition) is 9. The van der Waals surface area contributed by atoms with Crippen LogP contribution in [0.5, 0.6) is 0 Å². The normalized spacial score (nSPS) is 10.8. The molecular formula is C19H14N8O5. The molecule has 0 unspecified atom stereocenters. The van der Waals surface area contributed by atoms with Crippen LogP contribution in [0.2, 0.25) is 0 Å². The Bertz CT molecular complexity index is 1190. The van der Waals surface area contributed by atoms with Gasteiger partial charge in [0, 0.05) is 24.3 Å². The lowest BCUT2D eigenvalue weighted by molar-refractivity contribution is -0.385. The minimum Gasteiger partial charge on any atom is -0.285 e. The third-order valence-corrected chi connectivity index (χ3v) is 4.53. The molecule has 0 bridgehead atoms. The van der Waals surface area contributed by atoms with Crippen LogP contribution in [0, 0.1) is 20.2 Å². The van der Waals surface area contributed by atoms with Gasteiger partial charge in [-0.3, -0.25) is 25.0 Å². The van der Waals surface area contributed by atoms with Crippen LogP contribution in [0.15, 0.2) is 60.9 Å². The summed E-state index contributed by atoms with van der Waals surface area (Å²) in [5.41, 5.74) is 1.64. The molecule has 2 aromatic carbocycles. The molecule has 0 radical (unpaired) electrons. The fourth-order valence-electron chi connectivity index (χ4n) is 2.91. The monoisotopic (exact) mass is 434 g/mol. The second kappa shape index (κ2) is 8.51. The fraction of sp³-hybridized carbons (Fsp3) is 0.105. The highest BCUT2D eigenvalue weighted by atomic mass is 16.6. The van der Waals surface area contributed by atoms with Crippen molar-refractivity contribution in [1.29, 1.82) is 0 Å². The topological polar surface area (TPSA) is 165 Å². The van der Waals surface area contributed by atoms with Crippen molar-refractivity contribution >= 4 is 17.2 Å². The van der Waals surface area contributed by atoms with Crippen molar-refractivity contribution in [2.45, 2.75) is 13.1 Å². The zero-order valence-electron chi connectivity index (χ0n) is 16.3. The SMILES string of the molecule is O=C(c1cn(Cc2ccc([N+](=O)[O-])cc2)nn1)c1cn(Cc2ccc([N+](=O)[O-])cc2)nn1. The molecule has 0 aliphatic carbocycles. The third kappa shape index (κ3) is 4.51. The first-order chi connectivity index (χ1) is 15.4. The maximum Gasteiger partial charge on any atom is 0.269 e. The Hall–Kier alpha value is -4.81. The highest BCUT2D eigenvalue weighted by Crippen LogP contribution is 2.14. The van der Waals surface area contributed by atoms with E-state index < -0.39 is 15.6 Å². The smallest absolute Gasteiger partial charge is 0.269 e. The molecule has 4 rings (SSSR count). The summed E-state index contributed by atoms with van der Waals surface area (Å²) in [6.45, 7) is 0.566. The van der Waals surface area contributed by atoms with E-state index in [1.165, 1.54) is 46.0 Å². The molecule has 0 fully saturated rings. The number of nitro benzene ring substituents is 2. The minimum atomic E-state index is -0.481. The molecule has 0 spiro atoms. The Morgan fingerprint density at radius 1 is 0.719 bits per heavy atom. The van der Waals surface area contributed by atoms with Gasteiger partial charge in [-0.05, 0) is 11.1 Å². The molecule has 2 aromatic heterocycles. The number of nitrogens with zero attached hydrogens (tertiary/aromatic N) is 8. The van der Waals surface area contributed by atoms with Crippen LogP contribution in [-0.4, -0.2) is 45.6 Å². The molecule has 0 aliphatic heterocycles. The first kappa shape index (κ1) is 20.5. The maximum absolute atomic E-state index is 12.6. The summed E-state index contributed by atoms with van der Waals surface area (Å²) in [6.07, 6.45) is 2.91. The van der Waals surface area contributed by atoms with E-state index in [0.29, 0.717) is 0 Å². The van der Waals surface area contributed by atoms with Crippen molar-refractivity contribution < 1.29 is 14.6 Å². The number of non-ortho nitro benzene ring substituents is 2. The van der Waals surface area contributed by atoms with E-state index in [4.69, 9.17) is 0 Å². The Balaban J connectivity index is 1.41. The van der Waals surface area contributed by atoms with Gasteiger partial charge in [-0.25, -0.2) is 9.36 Å². The van der Waals surface area contributed by atoms with Crippen molar-refractivity contribution in [3.63, 3.8) is 0 Å². The number of carbonyl (C=O) groups is 1. The Morgan fingerprint density at radius 2 is 1.09 bits per heavy atom. The molecule has 160 valence electrons. The quantitative estimate of drug-likeness (QED) is 0.229. The van der Waals surface area contributed by atoms with E-state index in [1.807, 2.05) is 0 Å². The number of aromatic nitrogens is 6. The standard InChI is InChI=1S/C19H14N8O5/c28-19(17-11-24(22-20-17)9-13-1-5-15(6-2-13)26(29)30)18-12-25(23-21-18)10-14-3-7-16(8-4-14)27(31)32/h1-8,11-12H,9-10H2. The molecule has 4 aromatic rings. The number of hydrogen-bond donors (Lipinski definition) is 0. The third-order valence-electron chi connectivity index (χ3n) is 4.53. The second-order valence-corrected chi connectivity index (χ2v) is 6.78. The molecule has 0 amide bonds. The van der Waals surface area contributed by atoms with Crippen LogP contribution >= 0.6 is 0 Å². The zero-order chi connectivity index (χ0) is 22.7. The highest BCUT2D eigenvalue weighted by molar-refractivity contribution is 6.05. The number of benzene rings is 2. The molecule has 0 atom stereocenters. The van der Waals surface area contributed by atoms with Crippen LogP contribution in [0.4, 0.5) is 11.4 Å². The molecule has 2 heterocycles. The highest BCUT2D eigenvalue weighted by Gasteiger charge is 2.18. The van der Waals surface area contributed by atoms with E-state index >= 15 is 0 Å². The lowest BCUT2D eigenvalue weighted by Crippen LogP contribution is -2.03. The van der Waals surface area contributed by atoms with Gasteiger partial charge in [0.25, 0.3) is 11.4 Å². The predicted octanol–water partition coefficient (Wildman–Crippen LogP) is 2.01. The molecule has 13 nitrogen and oxygen atoms in total. The average Bonchev–Trinajstić information content (AvgIpc) is 3.44. The average molecular weight is 434 g/mol. The molecule has 32 heavy (non-hydrogen) atoms. The van der Waals surface area contributed by atoms with Crippen LogP contribution in [0.25, 0.3) is 0 Å². The van der Waals surface area contributed by atoms with E-state index in [2.05, 4.69) is 20.6 Å². The number of carbonyl (C=O) groups excluding carboxylic acids is 1. The van der Waals surface area contributed by atoms with Gasteiger partial charge < -0.3 is 0 Å². The number of ketones is 1. The summed E-state index contributed by atoms with van der Waals surface area (Å²) < 4.78 is 2.88. The molecular weight excluding hydrogens is 420 g/mol. The summed E-state index contributed by atoms with van der Waals surface area (Å²) in [5.74, 6) is -0.463. The Kier molecular flexibility index (Phi) is 5.44. The van der Waals surface area contributed by atoms with Crippen molar-refractivity contribution in [1.82, 2.24) is 30.0 Å². The van der Waals surface area contributed by atoms with E-state index in [-0.39, 0.29) is 35.9 Å². The van der Waals surface area contributed by atoms with Gasteiger partial charge in [0.2, 0.25) is 5.78 Å². The van der Waals surface area contributed by atoms with Gasteiger partial charge >= 0.3 is 0 Å². The Morgan fingerprint density at radius 3 is 1.44 bits per heavy atom. The summed E-state index contributed by atoms with van der Waals surface area (Å²) in [5, 5.41) is 37.0.